The van der Waals surface area contributed by atoms with E-state index in [2.05, 4.69) is 0 Å². The molecule has 2 aromatic rings. The van der Waals surface area contributed by atoms with Crippen molar-refractivity contribution in [1.82, 2.24) is 0 Å². The van der Waals surface area contributed by atoms with Crippen LogP contribution in [-0.2, 0) is 9.53 Å². The van der Waals surface area contributed by atoms with Gasteiger partial charge in [0.15, 0.2) is 6.61 Å². The van der Waals surface area contributed by atoms with Gasteiger partial charge in [-0.05, 0) is 29.0 Å². The molecule has 18 heavy (non-hydrogen) atoms. The van der Waals surface area contributed by atoms with Crippen LogP contribution in [0.25, 0.3) is 11.6 Å². The third kappa shape index (κ3) is 3.06. The Balaban J connectivity index is 2.30. The van der Waals surface area contributed by atoms with E-state index in [0.717, 1.165) is 9.75 Å². The van der Waals surface area contributed by atoms with Gasteiger partial charge in [-0.1, -0.05) is 12.1 Å². The summed E-state index contributed by atoms with van der Waals surface area (Å²) in [6, 6.07) is 9.37. The monoisotopic (exact) mass is 275 g/mol. The smallest absolute Gasteiger partial charge is 0.340 e. The molecule has 90 valence electrons. The second-order valence-electron chi connectivity index (χ2n) is 3.28. The molecule has 0 aromatic carbocycles. The fourth-order valence-electron chi connectivity index (χ4n) is 1.35. The molecule has 2 heterocycles. The molecule has 0 aliphatic carbocycles. The van der Waals surface area contributed by atoms with Crippen LogP contribution in [0.5, 0.6) is 0 Å². The van der Waals surface area contributed by atoms with Gasteiger partial charge in [0.05, 0.1) is 5.57 Å². The van der Waals surface area contributed by atoms with E-state index in [1.807, 2.05) is 35.0 Å². The number of nitrogens with zero attached hydrogens (tertiary/aromatic N) is 1. The van der Waals surface area contributed by atoms with E-state index < -0.39 is 5.97 Å². The fraction of sp³-hybridized carbons (Fsp3) is 0.0769. The fourth-order valence-corrected chi connectivity index (χ4v) is 2.74. The number of hydrogen-bond donors (Lipinski definition) is 0. The van der Waals surface area contributed by atoms with Crippen LogP contribution < -0.4 is 0 Å². The summed E-state index contributed by atoms with van der Waals surface area (Å²) in [7, 11) is 0. The summed E-state index contributed by atoms with van der Waals surface area (Å²) in [6.45, 7) is -0.230. The highest BCUT2D eigenvalue weighted by Crippen LogP contribution is 2.25. The number of thiophene rings is 2. The van der Waals surface area contributed by atoms with Crippen molar-refractivity contribution in [2.24, 2.45) is 0 Å². The molecule has 3 nitrogen and oxygen atoms in total. The van der Waals surface area contributed by atoms with E-state index in [-0.39, 0.29) is 6.61 Å². The Kier molecular flexibility index (Phi) is 4.29. The third-order valence-electron chi connectivity index (χ3n) is 2.10. The largest absolute Gasteiger partial charge is 0.447 e. The van der Waals surface area contributed by atoms with Gasteiger partial charge in [-0.15, -0.1) is 22.7 Å². The van der Waals surface area contributed by atoms with Gasteiger partial charge in [0.1, 0.15) is 6.07 Å². The Bertz CT molecular complexity index is 577. The number of carbonyl (C=O) groups is 1. The quantitative estimate of drug-likeness (QED) is 0.634. The van der Waals surface area contributed by atoms with Crippen LogP contribution in [-0.4, -0.2) is 12.6 Å². The minimum absolute atomic E-state index is 0.230. The van der Waals surface area contributed by atoms with Crippen LogP contribution in [0.15, 0.2) is 35.0 Å². The second-order valence-corrected chi connectivity index (χ2v) is 5.21. The molecule has 0 atom stereocenters. The van der Waals surface area contributed by atoms with Crippen molar-refractivity contribution >= 4 is 40.3 Å². The van der Waals surface area contributed by atoms with Crippen LogP contribution in [0.4, 0.5) is 0 Å². The number of rotatable bonds is 4. The van der Waals surface area contributed by atoms with E-state index in [4.69, 9.17) is 10.00 Å². The number of ether oxygens (including phenoxy) is 1. The average Bonchev–Trinajstić information content (AvgIpc) is 3.05. The van der Waals surface area contributed by atoms with Gasteiger partial charge in [-0.3, -0.25) is 0 Å². The zero-order chi connectivity index (χ0) is 12.8. The van der Waals surface area contributed by atoms with Crippen molar-refractivity contribution in [3.05, 3.63) is 44.8 Å². The first-order valence-corrected chi connectivity index (χ1v) is 6.90. The maximum Gasteiger partial charge on any atom is 0.340 e. The molecule has 0 aliphatic heterocycles. The van der Waals surface area contributed by atoms with Gasteiger partial charge in [-0.2, -0.15) is 5.26 Å². The van der Waals surface area contributed by atoms with Crippen molar-refractivity contribution in [3.8, 4) is 6.07 Å². The summed E-state index contributed by atoms with van der Waals surface area (Å²) in [4.78, 5) is 13.7. The standard InChI is InChI=1S/C13H9NO2S2/c14-5-6-16-13(15)11(12-4-2-8-18-12)9-10-3-1-7-17-10/h1-4,7-9H,6H2/b11-9+. The molecule has 0 saturated carbocycles. The molecule has 0 bridgehead atoms. The molecule has 0 N–H and O–H groups in total. The second kappa shape index (κ2) is 6.15. The summed E-state index contributed by atoms with van der Waals surface area (Å²) in [5, 5.41) is 12.3. The molecule has 5 heteroatoms. The number of hydrogen-bond acceptors (Lipinski definition) is 5. The maximum atomic E-state index is 11.9. The van der Waals surface area contributed by atoms with Crippen LogP contribution in [0.2, 0.25) is 0 Å². The Morgan fingerprint density at radius 1 is 1.33 bits per heavy atom. The zero-order valence-corrected chi connectivity index (χ0v) is 11.0. The van der Waals surface area contributed by atoms with Crippen LogP contribution in [0, 0.1) is 11.3 Å². The maximum absolute atomic E-state index is 11.9. The molecule has 0 amide bonds. The van der Waals surface area contributed by atoms with Gasteiger partial charge in [-0.25, -0.2) is 4.79 Å². The number of carbonyl (C=O) groups excluding carboxylic acids is 1. The van der Waals surface area contributed by atoms with Crippen molar-refractivity contribution in [2.45, 2.75) is 0 Å². The first-order chi connectivity index (χ1) is 8.81. The molecule has 0 aliphatic rings. The molecule has 0 radical (unpaired) electrons. The lowest BCUT2D eigenvalue weighted by atomic mass is 10.2. The van der Waals surface area contributed by atoms with Crippen LogP contribution in [0.3, 0.4) is 0 Å². The molecular weight excluding hydrogens is 266 g/mol. The molecule has 2 aromatic heterocycles. The van der Waals surface area contributed by atoms with Gasteiger partial charge in [0.25, 0.3) is 0 Å². The Labute approximate surface area is 113 Å². The summed E-state index contributed by atoms with van der Waals surface area (Å²) >= 11 is 3.01. The van der Waals surface area contributed by atoms with E-state index in [1.165, 1.54) is 11.3 Å². The van der Waals surface area contributed by atoms with Crippen molar-refractivity contribution in [2.75, 3.05) is 6.61 Å². The van der Waals surface area contributed by atoms with Gasteiger partial charge in [0.2, 0.25) is 0 Å². The minimum Gasteiger partial charge on any atom is -0.447 e. The average molecular weight is 275 g/mol. The zero-order valence-electron chi connectivity index (χ0n) is 9.33. The van der Waals surface area contributed by atoms with Gasteiger partial charge < -0.3 is 4.74 Å². The van der Waals surface area contributed by atoms with Crippen molar-refractivity contribution < 1.29 is 9.53 Å². The van der Waals surface area contributed by atoms with Gasteiger partial charge >= 0.3 is 5.97 Å². The third-order valence-corrected chi connectivity index (χ3v) is 3.83. The van der Waals surface area contributed by atoms with Crippen LogP contribution in [0.1, 0.15) is 9.75 Å². The van der Waals surface area contributed by atoms with Crippen molar-refractivity contribution in [3.63, 3.8) is 0 Å². The summed E-state index contributed by atoms with van der Waals surface area (Å²) in [5.74, 6) is -0.465. The topological polar surface area (TPSA) is 50.1 Å². The molecular formula is C13H9NO2S2. The molecule has 2 rings (SSSR count). The lowest BCUT2D eigenvalue weighted by Crippen LogP contribution is -2.06. The first kappa shape index (κ1) is 12.6. The molecule has 0 fully saturated rings. The molecule has 0 unspecified atom stereocenters. The Morgan fingerprint density at radius 3 is 2.72 bits per heavy atom. The highest BCUT2D eigenvalue weighted by molar-refractivity contribution is 7.12. The summed E-state index contributed by atoms with van der Waals surface area (Å²) in [6.07, 6.45) is 1.79. The lowest BCUT2D eigenvalue weighted by Gasteiger charge is -2.03. The lowest BCUT2D eigenvalue weighted by molar-refractivity contribution is -0.135. The Hall–Kier alpha value is -1.90. The summed E-state index contributed by atoms with van der Waals surface area (Å²) in [5.41, 5.74) is 0.489. The van der Waals surface area contributed by atoms with Crippen LogP contribution >= 0.6 is 22.7 Å². The number of nitriles is 1. The van der Waals surface area contributed by atoms with E-state index in [1.54, 1.807) is 23.5 Å². The highest BCUT2D eigenvalue weighted by Gasteiger charge is 2.14. The summed E-state index contributed by atoms with van der Waals surface area (Å²) < 4.78 is 4.87. The predicted molar refractivity (Wildman–Crippen MR) is 73.1 cm³/mol. The van der Waals surface area contributed by atoms with Gasteiger partial charge in [0, 0.05) is 9.75 Å². The van der Waals surface area contributed by atoms with Crippen molar-refractivity contribution in [1.29, 1.82) is 5.26 Å². The Morgan fingerprint density at radius 2 is 2.11 bits per heavy atom. The number of esters is 1. The minimum atomic E-state index is -0.465. The molecule has 0 spiro atoms. The van der Waals surface area contributed by atoms with E-state index >= 15 is 0 Å². The van der Waals surface area contributed by atoms with E-state index in [0.29, 0.717) is 5.57 Å². The van der Waals surface area contributed by atoms with E-state index in [9.17, 15) is 4.79 Å². The first-order valence-electron chi connectivity index (χ1n) is 5.14. The highest BCUT2D eigenvalue weighted by atomic mass is 32.1. The SMILES string of the molecule is N#CCOC(=O)/C(=C/c1cccs1)c1cccs1. The predicted octanol–water partition coefficient (Wildman–Crippen LogP) is 3.42. The molecule has 0 saturated heterocycles. The normalized spacial score (nSPS) is 10.9.